The fourth-order valence-electron chi connectivity index (χ4n) is 6.89. The third-order valence-electron chi connectivity index (χ3n) is 9.13. The zero-order chi connectivity index (χ0) is 30.5. The van der Waals surface area contributed by atoms with Gasteiger partial charge in [-0.2, -0.15) is 0 Å². The molecule has 1 aromatic heterocycles. The van der Waals surface area contributed by atoms with Crippen molar-refractivity contribution in [3.63, 3.8) is 0 Å². The minimum Gasteiger partial charge on any atom is -0.306 e. The minimum atomic E-state index is 1.15. The molecule has 2 heteroatoms. The lowest BCUT2D eigenvalue weighted by molar-refractivity contribution is 1.08. The zero-order valence-corrected chi connectivity index (χ0v) is 25.2. The summed E-state index contributed by atoms with van der Waals surface area (Å²) in [6.07, 6.45) is 0. The zero-order valence-electron chi connectivity index (χ0n) is 25.2. The third-order valence-corrected chi connectivity index (χ3v) is 9.13. The third kappa shape index (κ3) is 4.35. The average Bonchev–Trinajstić information content (AvgIpc) is 3.54. The summed E-state index contributed by atoms with van der Waals surface area (Å²) in [7, 11) is 0. The number of aromatic nitrogens is 1. The summed E-state index contributed by atoms with van der Waals surface area (Å²) >= 11 is 0. The van der Waals surface area contributed by atoms with Gasteiger partial charge in [-0.05, 0) is 75.3 Å². The maximum atomic E-state index is 2.45. The Bertz CT molecular complexity index is 2320. The lowest BCUT2D eigenvalue weighted by Crippen LogP contribution is -2.18. The second-order valence-electron chi connectivity index (χ2n) is 11.8. The highest BCUT2D eigenvalue weighted by Gasteiger charge is 2.28. The van der Waals surface area contributed by atoms with Crippen molar-refractivity contribution in [2.75, 3.05) is 4.90 Å². The predicted octanol–water partition coefficient (Wildman–Crippen LogP) is 12.1. The van der Waals surface area contributed by atoms with Gasteiger partial charge in [0.2, 0.25) is 0 Å². The van der Waals surface area contributed by atoms with Crippen LogP contribution in [0, 0.1) is 0 Å². The van der Waals surface area contributed by atoms with Gasteiger partial charge >= 0.3 is 0 Å². The first-order chi connectivity index (χ1) is 22.8. The summed E-state index contributed by atoms with van der Waals surface area (Å²) in [5, 5.41) is 1.24. The summed E-state index contributed by atoms with van der Waals surface area (Å²) < 4.78 is 2.45. The van der Waals surface area contributed by atoms with Gasteiger partial charge in [0.15, 0.2) is 0 Å². The Hall–Kier alpha value is -6.12. The lowest BCUT2D eigenvalue weighted by atomic mass is 9.97. The van der Waals surface area contributed by atoms with E-state index in [1.165, 1.54) is 66.9 Å². The molecule has 0 fully saturated rings. The highest BCUT2D eigenvalue weighted by Crippen LogP contribution is 2.50. The van der Waals surface area contributed by atoms with Gasteiger partial charge < -0.3 is 9.47 Å². The first-order valence-electron chi connectivity index (χ1n) is 15.8. The number of fused-ring (bicyclic) bond motifs is 2. The summed E-state index contributed by atoms with van der Waals surface area (Å²) in [5.74, 6) is 0. The van der Waals surface area contributed by atoms with E-state index in [9.17, 15) is 0 Å². The first kappa shape index (κ1) is 26.3. The van der Waals surface area contributed by atoms with Crippen LogP contribution in [0.4, 0.5) is 17.1 Å². The molecule has 216 valence electrons. The molecule has 2 heterocycles. The van der Waals surface area contributed by atoms with Gasteiger partial charge in [-0.25, -0.2) is 0 Å². The number of para-hydroxylation sites is 2. The van der Waals surface area contributed by atoms with Crippen molar-refractivity contribution in [1.29, 1.82) is 0 Å². The van der Waals surface area contributed by atoms with Crippen LogP contribution in [0.25, 0.3) is 61.2 Å². The molecule has 1 aliphatic rings. The van der Waals surface area contributed by atoms with Crippen LogP contribution < -0.4 is 4.90 Å². The number of hydrogen-bond acceptors (Lipinski definition) is 1. The standard InChI is InChI=1S/C44H30N2/c1-4-11-31(12-5-1)32-19-21-33(22-20-32)34-23-25-35(26-24-34)37-27-28-40-43(29-37)45(39-16-8-3-9-17-39)41-18-10-15-38-30-42(46(40)44(38)41)36-13-6-2-7-14-36/h1-30H. The molecule has 0 saturated heterocycles. The molecule has 0 spiro atoms. The number of rotatable bonds is 5. The van der Waals surface area contributed by atoms with Crippen LogP contribution in [-0.2, 0) is 0 Å². The fraction of sp³-hybridized carbons (Fsp3) is 0. The van der Waals surface area contributed by atoms with E-state index < -0.39 is 0 Å². The Labute approximate surface area is 269 Å². The smallest absolute Gasteiger partial charge is 0.0777 e. The molecule has 8 aromatic rings. The maximum Gasteiger partial charge on any atom is 0.0777 e. The van der Waals surface area contributed by atoms with Crippen LogP contribution in [0.15, 0.2) is 182 Å². The van der Waals surface area contributed by atoms with Crippen molar-refractivity contribution in [2.24, 2.45) is 0 Å². The number of nitrogens with zero attached hydrogens (tertiary/aromatic N) is 2. The molecule has 0 bridgehead atoms. The molecule has 9 rings (SSSR count). The Morgan fingerprint density at radius 3 is 1.41 bits per heavy atom. The highest BCUT2D eigenvalue weighted by molar-refractivity contribution is 6.06. The minimum absolute atomic E-state index is 1.15. The summed E-state index contributed by atoms with van der Waals surface area (Å²) in [5.41, 5.74) is 15.6. The van der Waals surface area contributed by atoms with Crippen molar-refractivity contribution in [2.45, 2.75) is 0 Å². The Balaban J connectivity index is 1.15. The van der Waals surface area contributed by atoms with E-state index >= 15 is 0 Å². The average molecular weight is 587 g/mol. The van der Waals surface area contributed by atoms with Crippen molar-refractivity contribution < 1.29 is 0 Å². The molecule has 46 heavy (non-hydrogen) atoms. The van der Waals surface area contributed by atoms with Gasteiger partial charge in [0, 0.05) is 11.1 Å². The quantitative estimate of drug-likeness (QED) is 0.195. The second-order valence-corrected chi connectivity index (χ2v) is 11.8. The summed E-state index contributed by atoms with van der Waals surface area (Å²) in [4.78, 5) is 2.42. The van der Waals surface area contributed by atoms with Gasteiger partial charge in [-0.15, -0.1) is 0 Å². The van der Waals surface area contributed by atoms with E-state index in [1.54, 1.807) is 0 Å². The van der Waals surface area contributed by atoms with Gasteiger partial charge in [-0.3, -0.25) is 0 Å². The van der Waals surface area contributed by atoms with Gasteiger partial charge in [-0.1, -0.05) is 146 Å². The molecule has 0 unspecified atom stereocenters. The topological polar surface area (TPSA) is 8.17 Å². The molecule has 0 aliphatic carbocycles. The largest absolute Gasteiger partial charge is 0.306 e. The van der Waals surface area contributed by atoms with Crippen LogP contribution in [0.5, 0.6) is 0 Å². The van der Waals surface area contributed by atoms with Crippen LogP contribution in [-0.4, -0.2) is 4.57 Å². The predicted molar refractivity (Wildman–Crippen MR) is 193 cm³/mol. The molecule has 7 aromatic carbocycles. The van der Waals surface area contributed by atoms with E-state index in [4.69, 9.17) is 0 Å². The monoisotopic (exact) mass is 586 g/mol. The van der Waals surface area contributed by atoms with E-state index in [1.807, 2.05) is 0 Å². The van der Waals surface area contributed by atoms with Crippen LogP contribution in [0.1, 0.15) is 0 Å². The molecular formula is C44H30N2. The molecule has 0 saturated carbocycles. The van der Waals surface area contributed by atoms with Crippen molar-refractivity contribution in [3.8, 4) is 50.3 Å². The van der Waals surface area contributed by atoms with E-state index in [0.29, 0.717) is 0 Å². The molecule has 2 nitrogen and oxygen atoms in total. The van der Waals surface area contributed by atoms with Crippen LogP contribution in [0.2, 0.25) is 0 Å². The fourth-order valence-corrected chi connectivity index (χ4v) is 6.89. The Kier molecular flexibility index (Phi) is 6.17. The second kappa shape index (κ2) is 10.8. The SMILES string of the molecule is c1ccc(-c2ccc(-c3ccc(-c4ccc5c(c4)N(c4ccccc4)c4cccc6cc(-c7ccccc7)n-5c46)cc3)cc2)cc1. The van der Waals surface area contributed by atoms with E-state index in [-0.39, 0.29) is 0 Å². The van der Waals surface area contributed by atoms with Crippen LogP contribution in [0.3, 0.4) is 0 Å². The lowest BCUT2D eigenvalue weighted by Gasteiger charge is -2.34. The molecule has 0 radical (unpaired) electrons. The maximum absolute atomic E-state index is 2.45. The first-order valence-corrected chi connectivity index (χ1v) is 15.8. The highest BCUT2D eigenvalue weighted by atomic mass is 15.2. The number of benzene rings is 7. The molecule has 0 amide bonds. The van der Waals surface area contributed by atoms with Gasteiger partial charge in [0.05, 0.1) is 28.3 Å². The normalized spacial score (nSPS) is 11.9. The van der Waals surface area contributed by atoms with E-state index in [0.717, 1.165) is 11.4 Å². The van der Waals surface area contributed by atoms with Gasteiger partial charge in [0.25, 0.3) is 0 Å². The molecule has 0 atom stereocenters. The summed E-state index contributed by atoms with van der Waals surface area (Å²) in [6, 6.07) is 65.6. The number of anilines is 3. The summed E-state index contributed by atoms with van der Waals surface area (Å²) in [6.45, 7) is 0. The molecular weight excluding hydrogens is 556 g/mol. The van der Waals surface area contributed by atoms with Crippen molar-refractivity contribution >= 4 is 28.0 Å². The van der Waals surface area contributed by atoms with Crippen LogP contribution >= 0.6 is 0 Å². The van der Waals surface area contributed by atoms with E-state index in [2.05, 4.69) is 191 Å². The van der Waals surface area contributed by atoms with Crippen molar-refractivity contribution in [3.05, 3.63) is 182 Å². The number of hydrogen-bond donors (Lipinski definition) is 0. The van der Waals surface area contributed by atoms with Gasteiger partial charge in [0.1, 0.15) is 0 Å². The molecule has 1 aliphatic heterocycles. The Morgan fingerprint density at radius 2 is 0.804 bits per heavy atom. The van der Waals surface area contributed by atoms with Crippen molar-refractivity contribution in [1.82, 2.24) is 4.57 Å². The Morgan fingerprint density at radius 1 is 0.304 bits per heavy atom. The molecule has 0 N–H and O–H groups in total.